The van der Waals surface area contributed by atoms with Crippen LogP contribution in [0.1, 0.15) is 26.0 Å². The van der Waals surface area contributed by atoms with Crippen LogP contribution in [0.3, 0.4) is 0 Å². The summed E-state index contributed by atoms with van der Waals surface area (Å²) in [7, 11) is 0. The van der Waals surface area contributed by atoms with Crippen molar-refractivity contribution in [1.29, 1.82) is 0 Å². The van der Waals surface area contributed by atoms with Crippen LogP contribution in [-0.2, 0) is 11.2 Å². The number of carbonyl (C=O) groups is 1. The zero-order chi connectivity index (χ0) is 13.1. The van der Waals surface area contributed by atoms with Crippen LogP contribution in [0, 0.1) is 11.8 Å². The molecule has 0 saturated carbocycles. The van der Waals surface area contributed by atoms with Crippen LogP contribution in [0.2, 0.25) is 0 Å². The second-order valence-electron chi connectivity index (χ2n) is 5.50. The zero-order valence-electron chi connectivity index (χ0n) is 11.5. The molecule has 2 unspecified atom stereocenters. The standard InChI is InChI=1S/C14H21N3O.ClH/c1-10-5-11(2)9-17(8-10)14(18)6-13-4-3-12(15)7-16-13;/h3-4,7,10-11H,5-6,8-9,15H2,1-2H3;1H. The van der Waals surface area contributed by atoms with E-state index >= 15 is 0 Å². The van der Waals surface area contributed by atoms with E-state index in [-0.39, 0.29) is 18.3 Å². The van der Waals surface area contributed by atoms with Gasteiger partial charge in [0.1, 0.15) is 0 Å². The van der Waals surface area contributed by atoms with Crippen molar-refractivity contribution in [3.8, 4) is 0 Å². The summed E-state index contributed by atoms with van der Waals surface area (Å²) in [5, 5.41) is 0. The van der Waals surface area contributed by atoms with Crippen LogP contribution in [0.4, 0.5) is 5.69 Å². The molecule has 0 aliphatic carbocycles. The fourth-order valence-electron chi connectivity index (χ4n) is 2.67. The number of amides is 1. The largest absolute Gasteiger partial charge is 0.397 e. The van der Waals surface area contributed by atoms with E-state index < -0.39 is 0 Å². The van der Waals surface area contributed by atoms with Crippen LogP contribution in [-0.4, -0.2) is 28.9 Å². The number of rotatable bonds is 2. The first-order valence-corrected chi connectivity index (χ1v) is 6.52. The topological polar surface area (TPSA) is 59.2 Å². The third kappa shape index (κ3) is 4.39. The molecule has 2 atom stereocenters. The maximum absolute atomic E-state index is 12.2. The van der Waals surface area contributed by atoms with Gasteiger partial charge in [0.15, 0.2) is 0 Å². The van der Waals surface area contributed by atoms with Gasteiger partial charge in [0.2, 0.25) is 5.91 Å². The fraction of sp³-hybridized carbons (Fsp3) is 0.571. The van der Waals surface area contributed by atoms with Crippen LogP contribution in [0.5, 0.6) is 0 Å². The van der Waals surface area contributed by atoms with Gasteiger partial charge in [0.05, 0.1) is 18.3 Å². The molecule has 106 valence electrons. The molecular formula is C14H22ClN3O. The van der Waals surface area contributed by atoms with E-state index in [9.17, 15) is 4.79 Å². The lowest BCUT2D eigenvalue weighted by Crippen LogP contribution is -2.43. The molecular weight excluding hydrogens is 262 g/mol. The Bertz CT molecular complexity index is 411. The summed E-state index contributed by atoms with van der Waals surface area (Å²) in [4.78, 5) is 18.3. The molecule has 1 amide bonds. The first-order chi connectivity index (χ1) is 8.54. The van der Waals surface area contributed by atoms with E-state index in [4.69, 9.17) is 5.73 Å². The van der Waals surface area contributed by atoms with Gasteiger partial charge in [-0.25, -0.2) is 0 Å². The summed E-state index contributed by atoms with van der Waals surface area (Å²) in [5.41, 5.74) is 7.00. The van der Waals surface area contributed by atoms with Gasteiger partial charge in [0, 0.05) is 18.8 Å². The fourth-order valence-corrected chi connectivity index (χ4v) is 2.67. The molecule has 1 aromatic heterocycles. The van der Waals surface area contributed by atoms with Gasteiger partial charge in [-0.05, 0) is 30.4 Å². The van der Waals surface area contributed by atoms with Gasteiger partial charge >= 0.3 is 0 Å². The number of pyridine rings is 1. The number of nitrogen functional groups attached to an aromatic ring is 1. The molecule has 0 aromatic carbocycles. The minimum Gasteiger partial charge on any atom is -0.397 e. The number of likely N-dealkylation sites (tertiary alicyclic amines) is 1. The van der Waals surface area contributed by atoms with Crippen molar-refractivity contribution in [1.82, 2.24) is 9.88 Å². The number of hydrogen-bond donors (Lipinski definition) is 1. The lowest BCUT2D eigenvalue weighted by atomic mass is 9.91. The highest BCUT2D eigenvalue weighted by molar-refractivity contribution is 5.85. The lowest BCUT2D eigenvalue weighted by Gasteiger charge is -2.35. The molecule has 0 bridgehead atoms. The summed E-state index contributed by atoms with van der Waals surface area (Å²) >= 11 is 0. The Labute approximate surface area is 120 Å². The normalized spacial score (nSPS) is 22.7. The maximum atomic E-state index is 12.2. The van der Waals surface area contributed by atoms with Crippen molar-refractivity contribution in [2.45, 2.75) is 26.7 Å². The van der Waals surface area contributed by atoms with Crippen LogP contribution in [0.25, 0.3) is 0 Å². The zero-order valence-corrected chi connectivity index (χ0v) is 12.3. The molecule has 1 saturated heterocycles. The monoisotopic (exact) mass is 283 g/mol. The van der Waals surface area contributed by atoms with E-state index in [0.29, 0.717) is 23.9 Å². The Morgan fingerprint density at radius 3 is 2.53 bits per heavy atom. The van der Waals surface area contributed by atoms with Crippen molar-refractivity contribution in [3.63, 3.8) is 0 Å². The molecule has 1 aliphatic rings. The summed E-state index contributed by atoms with van der Waals surface area (Å²) in [6.45, 7) is 6.16. The molecule has 2 N–H and O–H groups in total. The SMILES string of the molecule is CC1CC(C)CN(C(=O)Cc2ccc(N)cn2)C1.Cl. The molecule has 5 heteroatoms. The van der Waals surface area contributed by atoms with Crippen molar-refractivity contribution >= 4 is 24.0 Å². The molecule has 0 radical (unpaired) electrons. The minimum absolute atomic E-state index is 0. The molecule has 1 fully saturated rings. The van der Waals surface area contributed by atoms with Gasteiger partial charge in [-0.2, -0.15) is 0 Å². The first kappa shape index (κ1) is 15.8. The number of halogens is 1. The predicted octanol–water partition coefficient (Wildman–Crippen LogP) is 2.13. The Hall–Kier alpha value is -1.29. The van der Waals surface area contributed by atoms with E-state index in [1.54, 1.807) is 12.3 Å². The molecule has 1 aromatic rings. The molecule has 19 heavy (non-hydrogen) atoms. The average molecular weight is 284 g/mol. The highest BCUT2D eigenvalue weighted by Crippen LogP contribution is 2.21. The van der Waals surface area contributed by atoms with Crippen molar-refractivity contribution in [2.24, 2.45) is 11.8 Å². The number of hydrogen-bond acceptors (Lipinski definition) is 3. The Kier molecular flexibility index (Phi) is 5.60. The summed E-state index contributed by atoms with van der Waals surface area (Å²) in [5.74, 6) is 1.36. The number of anilines is 1. The van der Waals surface area contributed by atoms with E-state index in [1.165, 1.54) is 6.42 Å². The quantitative estimate of drug-likeness (QED) is 0.904. The molecule has 4 nitrogen and oxygen atoms in total. The van der Waals surface area contributed by atoms with E-state index in [0.717, 1.165) is 18.8 Å². The van der Waals surface area contributed by atoms with Gasteiger partial charge < -0.3 is 10.6 Å². The third-order valence-corrected chi connectivity index (χ3v) is 3.40. The van der Waals surface area contributed by atoms with Gasteiger partial charge in [-0.1, -0.05) is 13.8 Å². The lowest BCUT2D eigenvalue weighted by molar-refractivity contribution is -0.133. The van der Waals surface area contributed by atoms with Crippen LogP contribution < -0.4 is 5.73 Å². The second-order valence-corrected chi connectivity index (χ2v) is 5.50. The summed E-state index contributed by atoms with van der Waals surface area (Å²) in [6.07, 6.45) is 3.19. The average Bonchev–Trinajstić information content (AvgIpc) is 2.31. The number of nitrogens with two attached hydrogens (primary N) is 1. The van der Waals surface area contributed by atoms with Crippen molar-refractivity contribution < 1.29 is 4.79 Å². The smallest absolute Gasteiger partial charge is 0.228 e. The van der Waals surface area contributed by atoms with Gasteiger partial charge in [0.25, 0.3) is 0 Å². The molecule has 2 heterocycles. The van der Waals surface area contributed by atoms with Crippen molar-refractivity contribution in [3.05, 3.63) is 24.0 Å². The second kappa shape index (κ2) is 6.75. The highest BCUT2D eigenvalue weighted by Gasteiger charge is 2.25. The molecule has 0 spiro atoms. The molecule has 1 aliphatic heterocycles. The Morgan fingerprint density at radius 2 is 2.00 bits per heavy atom. The van der Waals surface area contributed by atoms with Gasteiger partial charge in [-0.15, -0.1) is 12.4 Å². The number of nitrogens with zero attached hydrogens (tertiary/aromatic N) is 2. The third-order valence-electron chi connectivity index (χ3n) is 3.40. The van der Waals surface area contributed by atoms with E-state index in [1.807, 2.05) is 11.0 Å². The number of piperidine rings is 1. The Balaban J connectivity index is 0.00000180. The van der Waals surface area contributed by atoms with E-state index in [2.05, 4.69) is 18.8 Å². The maximum Gasteiger partial charge on any atom is 0.228 e. The highest BCUT2D eigenvalue weighted by atomic mass is 35.5. The predicted molar refractivity (Wildman–Crippen MR) is 79.1 cm³/mol. The summed E-state index contributed by atoms with van der Waals surface area (Å²) < 4.78 is 0. The van der Waals surface area contributed by atoms with Crippen LogP contribution in [0.15, 0.2) is 18.3 Å². The summed E-state index contributed by atoms with van der Waals surface area (Å²) in [6, 6.07) is 3.61. The molecule has 2 rings (SSSR count). The number of aromatic nitrogens is 1. The van der Waals surface area contributed by atoms with Crippen molar-refractivity contribution in [2.75, 3.05) is 18.8 Å². The minimum atomic E-state index is 0. The first-order valence-electron chi connectivity index (χ1n) is 6.52. The Morgan fingerprint density at radius 1 is 1.37 bits per heavy atom. The van der Waals surface area contributed by atoms with Crippen LogP contribution >= 0.6 is 12.4 Å². The number of carbonyl (C=O) groups excluding carboxylic acids is 1. The van der Waals surface area contributed by atoms with Gasteiger partial charge in [-0.3, -0.25) is 9.78 Å².